The standard InChI is InChI=1S/C9H10O3/c1-5(10)8-4-6-2-3-7(8)9(11)12-6/h2-3,6-8H,4H2,1H3/t6-,7+,8-/m1/s1. The van der Waals surface area contributed by atoms with Gasteiger partial charge in [0, 0.05) is 5.92 Å². The molecule has 2 heterocycles. The van der Waals surface area contributed by atoms with Gasteiger partial charge in [0.15, 0.2) is 0 Å². The van der Waals surface area contributed by atoms with E-state index >= 15 is 0 Å². The molecule has 3 heteroatoms. The minimum Gasteiger partial charge on any atom is -0.458 e. The van der Waals surface area contributed by atoms with Crippen LogP contribution in [0.4, 0.5) is 0 Å². The Morgan fingerprint density at radius 3 is 2.75 bits per heavy atom. The summed E-state index contributed by atoms with van der Waals surface area (Å²) < 4.78 is 4.99. The molecule has 64 valence electrons. The van der Waals surface area contributed by atoms with Gasteiger partial charge in [-0.2, -0.15) is 0 Å². The number of Topliss-reactive ketones (excluding diaryl/α,β-unsaturated/α-hetero) is 1. The SMILES string of the molecule is CC(=O)[C@H]1C[C@H]2C=C[C@@H]1C(=O)O2. The molecule has 3 nitrogen and oxygen atoms in total. The third-order valence-electron chi connectivity index (χ3n) is 2.51. The maximum atomic E-state index is 11.1. The van der Waals surface area contributed by atoms with Crippen LogP contribution >= 0.6 is 0 Å². The van der Waals surface area contributed by atoms with Gasteiger partial charge in [-0.3, -0.25) is 9.59 Å². The van der Waals surface area contributed by atoms with Gasteiger partial charge in [0.25, 0.3) is 0 Å². The zero-order chi connectivity index (χ0) is 8.72. The smallest absolute Gasteiger partial charge is 0.314 e. The Balaban J connectivity index is 2.28. The van der Waals surface area contributed by atoms with Gasteiger partial charge in [0.05, 0.1) is 5.92 Å². The summed E-state index contributed by atoms with van der Waals surface area (Å²) in [6, 6.07) is 0. The van der Waals surface area contributed by atoms with Gasteiger partial charge >= 0.3 is 5.97 Å². The van der Waals surface area contributed by atoms with Gasteiger partial charge in [-0.25, -0.2) is 0 Å². The number of ketones is 1. The largest absolute Gasteiger partial charge is 0.458 e. The van der Waals surface area contributed by atoms with Crippen molar-refractivity contribution in [3.8, 4) is 0 Å². The summed E-state index contributed by atoms with van der Waals surface area (Å²) in [7, 11) is 0. The Labute approximate surface area is 70.4 Å². The van der Waals surface area contributed by atoms with Crippen molar-refractivity contribution in [2.45, 2.75) is 19.4 Å². The van der Waals surface area contributed by atoms with E-state index in [4.69, 9.17) is 4.74 Å². The summed E-state index contributed by atoms with van der Waals surface area (Å²) in [4.78, 5) is 22.2. The van der Waals surface area contributed by atoms with Gasteiger partial charge in [0.2, 0.25) is 0 Å². The molecule has 3 rings (SSSR count). The van der Waals surface area contributed by atoms with Crippen LogP contribution in [0.3, 0.4) is 0 Å². The highest BCUT2D eigenvalue weighted by Crippen LogP contribution is 2.33. The second-order valence-electron chi connectivity index (χ2n) is 3.34. The van der Waals surface area contributed by atoms with E-state index in [1.807, 2.05) is 6.08 Å². The predicted molar refractivity (Wildman–Crippen MR) is 41.3 cm³/mol. The normalized spacial score (nSPS) is 38.1. The van der Waals surface area contributed by atoms with Crippen molar-refractivity contribution < 1.29 is 14.3 Å². The third kappa shape index (κ3) is 0.967. The van der Waals surface area contributed by atoms with Crippen LogP contribution in [0, 0.1) is 11.8 Å². The van der Waals surface area contributed by atoms with Crippen molar-refractivity contribution in [2.75, 3.05) is 0 Å². The van der Waals surface area contributed by atoms with Crippen LogP contribution in [0.2, 0.25) is 0 Å². The zero-order valence-corrected chi connectivity index (χ0v) is 6.82. The van der Waals surface area contributed by atoms with Gasteiger partial charge < -0.3 is 4.74 Å². The van der Waals surface area contributed by atoms with Gasteiger partial charge in [-0.15, -0.1) is 0 Å². The van der Waals surface area contributed by atoms with Crippen LogP contribution in [0.25, 0.3) is 0 Å². The maximum absolute atomic E-state index is 11.1. The van der Waals surface area contributed by atoms with Crippen molar-refractivity contribution >= 4 is 11.8 Å². The average Bonchev–Trinajstić information content (AvgIpc) is 2.04. The second kappa shape index (κ2) is 2.44. The fourth-order valence-corrected chi connectivity index (χ4v) is 1.83. The molecule has 1 saturated heterocycles. The van der Waals surface area contributed by atoms with E-state index in [-0.39, 0.29) is 29.7 Å². The van der Waals surface area contributed by atoms with Crippen molar-refractivity contribution in [1.29, 1.82) is 0 Å². The fraction of sp³-hybridized carbons (Fsp3) is 0.556. The van der Waals surface area contributed by atoms with E-state index in [2.05, 4.69) is 0 Å². The molecular weight excluding hydrogens is 156 g/mol. The first-order chi connectivity index (χ1) is 5.68. The Morgan fingerprint density at radius 2 is 2.33 bits per heavy atom. The molecule has 2 bridgehead atoms. The molecule has 12 heavy (non-hydrogen) atoms. The summed E-state index contributed by atoms with van der Waals surface area (Å²) in [6.07, 6.45) is 4.18. The lowest BCUT2D eigenvalue weighted by Gasteiger charge is -2.35. The van der Waals surface area contributed by atoms with Crippen molar-refractivity contribution in [3.05, 3.63) is 12.2 Å². The molecule has 3 atom stereocenters. The molecule has 0 aromatic heterocycles. The van der Waals surface area contributed by atoms with Crippen LogP contribution in [0.15, 0.2) is 12.2 Å². The monoisotopic (exact) mass is 166 g/mol. The minimum absolute atomic E-state index is 0.0889. The van der Waals surface area contributed by atoms with Gasteiger partial charge in [0.1, 0.15) is 11.9 Å². The maximum Gasteiger partial charge on any atom is 0.314 e. The number of rotatable bonds is 1. The van der Waals surface area contributed by atoms with Crippen LogP contribution in [-0.4, -0.2) is 17.9 Å². The van der Waals surface area contributed by atoms with E-state index in [0.29, 0.717) is 6.42 Å². The van der Waals surface area contributed by atoms with E-state index in [9.17, 15) is 9.59 Å². The quantitative estimate of drug-likeness (QED) is 0.425. The Morgan fingerprint density at radius 1 is 1.58 bits per heavy atom. The van der Waals surface area contributed by atoms with Gasteiger partial charge in [-0.1, -0.05) is 6.08 Å². The molecule has 0 unspecified atom stereocenters. The molecular formula is C9H10O3. The van der Waals surface area contributed by atoms with Crippen LogP contribution in [0.1, 0.15) is 13.3 Å². The van der Waals surface area contributed by atoms with Crippen molar-refractivity contribution in [3.63, 3.8) is 0 Å². The molecule has 0 radical (unpaired) electrons. The highest BCUT2D eigenvalue weighted by molar-refractivity contribution is 5.88. The minimum atomic E-state index is -0.313. The van der Waals surface area contributed by atoms with Crippen LogP contribution in [-0.2, 0) is 14.3 Å². The van der Waals surface area contributed by atoms with Crippen LogP contribution < -0.4 is 0 Å². The fourth-order valence-electron chi connectivity index (χ4n) is 1.83. The molecule has 1 fully saturated rings. The number of hydrogen-bond donors (Lipinski definition) is 0. The topological polar surface area (TPSA) is 43.4 Å². The van der Waals surface area contributed by atoms with E-state index in [0.717, 1.165) is 0 Å². The summed E-state index contributed by atoms with van der Waals surface area (Å²) in [5.74, 6) is -0.603. The summed E-state index contributed by atoms with van der Waals surface area (Å²) in [6.45, 7) is 1.53. The highest BCUT2D eigenvalue weighted by atomic mass is 16.5. The Kier molecular flexibility index (Phi) is 1.53. The van der Waals surface area contributed by atoms with Crippen molar-refractivity contribution in [2.24, 2.45) is 11.8 Å². The number of carbonyl (C=O) groups excluding carboxylic acids is 2. The number of carbonyl (C=O) groups is 2. The summed E-state index contributed by atoms with van der Waals surface area (Å²) in [5, 5.41) is 0. The molecule has 0 aromatic carbocycles. The number of ether oxygens (including phenoxy) is 1. The summed E-state index contributed by atoms with van der Waals surface area (Å²) in [5.41, 5.74) is 0. The molecule has 2 aliphatic heterocycles. The van der Waals surface area contributed by atoms with E-state index in [1.54, 1.807) is 6.08 Å². The molecule has 0 spiro atoms. The second-order valence-corrected chi connectivity index (χ2v) is 3.34. The van der Waals surface area contributed by atoms with Crippen LogP contribution in [0.5, 0.6) is 0 Å². The average molecular weight is 166 g/mol. The summed E-state index contributed by atoms with van der Waals surface area (Å²) >= 11 is 0. The molecule has 0 aromatic rings. The zero-order valence-electron chi connectivity index (χ0n) is 6.82. The first-order valence-electron chi connectivity index (χ1n) is 4.08. The Bertz CT molecular complexity index is 267. The molecule has 0 N–H and O–H groups in total. The number of fused-ring (bicyclic) bond motifs is 2. The van der Waals surface area contributed by atoms with Crippen molar-refractivity contribution in [1.82, 2.24) is 0 Å². The molecule has 1 aliphatic carbocycles. The Hall–Kier alpha value is -1.12. The first-order valence-corrected chi connectivity index (χ1v) is 4.08. The van der Waals surface area contributed by atoms with Gasteiger partial charge in [-0.05, 0) is 19.4 Å². The highest BCUT2D eigenvalue weighted by Gasteiger charge is 2.41. The lowest BCUT2D eigenvalue weighted by Crippen LogP contribution is -2.42. The predicted octanol–water partition coefficient (Wildman–Crippen LogP) is 0.693. The molecule has 3 aliphatic rings. The lowest BCUT2D eigenvalue weighted by molar-refractivity contribution is -0.163. The van der Waals surface area contributed by atoms with E-state index < -0.39 is 0 Å². The molecule has 0 amide bonds. The first kappa shape index (κ1) is 7.53. The lowest BCUT2D eigenvalue weighted by atomic mass is 9.78. The number of hydrogen-bond acceptors (Lipinski definition) is 3. The molecule has 0 saturated carbocycles. The number of esters is 1. The van der Waals surface area contributed by atoms with E-state index in [1.165, 1.54) is 6.92 Å². The third-order valence-corrected chi connectivity index (χ3v) is 2.51.